The molecule has 0 aromatic rings. The quantitative estimate of drug-likeness (QED) is 0.212. The second-order valence-electron chi connectivity index (χ2n) is 4.54. The summed E-state index contributed by atoms with van der Waals surface area (Å²) in [5.74, 6) is -2.97. The normalized spacial score (nSPS) is 13.5. The lowest BCUT2D eigenvalue weighted by atomic mass is 10.1. The van der Waals surface area contributed by atoms with Gasteiger partial charge in [-0.2, -0.15) is 0 Å². The summed E-state index contributed by atoms with van der Waals surface area (Å²) in [5, 5.41) is 16.5. The van der Waals surface area contributed by atoms with Crippen LogP contribution in [0, 0.1) is 5.92 Å². The Morgan fingerprint density at radius 3 is 1.54 bits per heavy atom. The Morgan fingerprint density at radius 2 is 1.29 bits per heavy atom. The topological polar surface area (TPSA) is 216 Å². The summed E-state index contributed by atoms with van der Waals surface area (Å²) in [6, 6.07) is -1.19. The van der Waals surface area contributed by atoms with E-state index in [1.165, 1.54) is 13.3 Å². The van der Waals surface area contributed by atoms with E-state index < -0.39 is 45.3 Å². The van der Waals surface area contributed by atoms with Gasteiger partial charge in [-0.3, -0.25) is 18.7 Å². The van der Waals surface area contributed by atoms with E-state index in [0.29, 0.717) is 0 Å². The van der Waals surface area contributed by atoms with Gasteiger partial charge in [0.15, 0.2) is 0 Å². The molecule has 0 rings (SSSR count). The van der Waals surface area contributed by atoms with Crippen LogP contribution in [0.1, 0.15) is 22.6 Å². The number of halogens is 1. The molecule has 0 fully saturated rings. The molecule has 0 saturated carbocycles. The third kappa shape index (κ3) is 23.8. The van der Waals surface area contributed by atoms with Gasteiger partial charge in [0, 0.05) is 9.24 Å². The monoisotopic (exact) mass is 421 g/mol. The van der Waals surface area contributed by atoms with Crippen LogP contribution in [0.15, 0.2) is 0 Å². The minimum atomic E-state index is -4.10. The first-order chi connectivity index (χ1) is 10.7. The zero-order valence-corrected chi connectivity index (χ0v) is 15.7. The Bertz CT molecular complexity index is 431. The largest absolute Gasteiger partial charge is 0.481 e. The molecule has 0 unspecified atom stereocenters. The van der Waals surface area contributed by atoms with Crippen LogP contribution < -0.4 is 5.73 Å². The Balaban J connectivity index is -0.0000000962. The van der Waals surface area contributed by atoms with Crippen LogP contribution in [0.5, 0.6) is 0 Å². The van der Waals surface area contributed by atoms with E-state index in [-0.39, 0.29) is 21.9 Å². The molecule has 150 valence electrons. The average molecular weight is 422 g/mol. The van der Waals surface area contributed by atoms with Crippen LogP contribution >= 0.6 is 26.8 Å². The first-order valence-corrected chi connectivity index (χ1v) is 10.7. The number of carboxylic acid groups (broad SMARTS) is 2. The number of carbonyl (C=O) groups is 2. The fourth-order valence-corrected chi connectivity index (χ4v) is 2.25. The lowest BCUT2D eigenvalue weighted by Gasteiger charge is -2.06. The molecule has 2 atom stereocenters. The van der Waals surface area contributed by atoms with Gasteiger partial charge < -0.3 is 35.5 Å². The second-order valence-corrected chi connectivity index (χ2v) is 8.09. The predicted molar refractivity (Wildman–Crippen MR) is 91.5 cm³/mol. The third-order valence-electron chi connectivity index (χ3n) is 2.32. The highest BCUT2D eigenvalue weighted by atomic mass is 35.5. The van der Waals surface area contributed by atoms with Crippen molar-refractivity contribution < 1.29 is 51.4 Å². The summed E-state index contributed by atoms with van der Waals surface area (Å²) >= 11 is 4.64. The number of alkyl halides is 1. The van der Waals surface area contributed by atoms with Gasteiger partial charge in [-0.15, -0.1) is 11.6 Å². The number of carboxylic acids is 2. The average Bonchev–Trinajstić information content (AvgIpc) is 2.43. The maximum Gasteiger partial charge on any atom is 0.325 e. The summed E-state index contributed by atoms with van der Waals surface area (Å²) in [5.41, 5.74) is 4.98. The van der Waals surface area contributed by atoms with E-state index in [4.69, 9.17) is 35.5 Å². The number of nitrogens with two attached hydrogens (primary N) is 1. The first kappa shape index (κ1) is 28.3. The van der Waals surface area contributed by atoms with E-state index in [0.717, 1.165) is 0 Å². The summed E-state index contributed by atoms with van der Waals surface area (Å²) < 4.78 is 20.5. The van der Waals surface area contributed by atoms with Gasteiger partial charge in [-0.05, 0) is 12.8 Å². The van der Waals surface area contributed by atoms with Crippen molar-refractivity contribution in [3.63, 3.8) is 0 Å². The van der Waals surface area contributed by atoms with Crippen LogP contribution in [0.25, 0.3) is 0 Å². The van der Waals surface area contributed by atoms with E-state index in [9.17, 15) is 18.7 Å². The van der Waals surface area contributed by atoms with Crippen LogP contribution in [-0.2, 0) is 18.7 Å². The molecular weight excluding hydrogens is 392 g/mol. The van der Waals surface area contributed by atoms with Gasteiger partial charge >= 0.3 is 27.1 Å². The molecule has 0 aliphatic rings. The van der Waals surface area contributed by atoms with E-state index in [1.807, 2.05) is 0 Å². The highest BCUT2D eigenvalue weighted by Gasteiger charge is 2.19. The van der Waals surface area contributed by atoms with Crippen molar-refractivity contribution in [2.45, 2.75) is 25.8 Å². The maximum atomic E-state index is 10.3. The lowest BCUT2D eigenvalue weighted by molar-refractivity contribution is -0.141. The van der Waals surface area contributed by atoms with Crippen LogP contribution in [0.2, 0.25) is 0 Å². The number of hydrogen-bond acceptors (Lipinski definition) is 5. The third-order valence-corrected chi connectivity index (χ3v) is 4.01. The molecule has 11 nitrogen and oxygen atoms in total. The molecule has 0 radical (unpaired) electrons. The minimum absolute atomic E-state index is 0. The fraction of sp³-hybridized carbons (Fsp3) is 0.800. The number of hydrogen-bond donors (Lipinski definition) is 7. The Hall–Kier alpha value is -0.510. The first-order valence-electron chi connectivity index (χ1n) is 6.34. The molecule has 8 N–H and O–H groups in total. The van der Waals surface area contributed by atoms with Crippen molar-refractivity contribution in [1.29, 1.82) is 0 Å². The molecule has 0 saturated heterocycles. The van der Waals surface area contributed by atoms with Crippen LogP contribution in [0.3, 0.4) is 0 Å². The molecule has 0 heterocycles. The van der Waals surface area contributed by atoms with Crippen molar-refractivity contribution in [3.8, 4) is 0 Å². The molecule has 14 heteroatoms. The molecule has 0 aromatic heterocycles. The second kappa shape index (κ2) is 13.7. The summed E-state index contributed by atoms with van der Waals surface area (Å²) in [7, 11) is -8.13. The SMILES string of the molecule is CCl.C[C@H](CCP(=O)(O)O)C(=O)O.N[C@H](CCP(=O)(O)O)C(=O)O.[2HH].[2HH]. The van der Waals surface area contributed by atoms with Crippen LogP contribution in [0.4, 0.5) is 0 Å². The number of rotatable bonds is 8. The van der Waals surface area contributed by atoms with Crippen molar-refractivity contribution >= 4 is 38.7 Å². The Morgan fingerprint density at radius 1 is 0.958 bits per heavy atom. The Kier molecular flexibility index (Phi) is 16.2. The lowest BCUT2D eigenvalue weighted by Crippen LogP contribution is -2.30. The molecule has 24 heavy (non-hydrogen) atoms. The smallest absolute Gasteiger partial charge is 0.325 e. The minimum Gasteiger partial charge on any atom is -0.481 e. The highest BCUT2D eigenvalue weighted by molar-refractivity contribution is 7.52. The molecular formula is C10H28ClNO10P2. The molecule has 0 spiro atoms. The van der Waals surface area contributed by atoms with Gasteiger partial charge in [-0.1, -0.05) is 6.92 Å². The maximum absolute atomic E-state index is 10.3. The molecule has 0 bridgehead atoms. The van der Waals surface area contributed by atoms with E-state index in [1.54, 1.807) is 0 Å². The fourth-order valence-electron chi connectivity index (χ4n) is 0.916. The molecule has 0 aromatic carbocycles. The molecule has 0 amide bonds. The standard InChI is InChI=1S/C5H11O5P.C4H10NO5P.CH3Cl.2H2/c1-4(5(6)7)2-3-11(8,9)10;5-3(4(6)7)1-2-11(8,9)10;1-2;;/h4H,2-3H2,1H3,(H,6,7)(H2,8,9,10);3H,1-2,5H2,(H,6,7)(H2,8,9,10);1H3;2*1H/t4-;3-;;;/m11.../s1/i;;;2*1+1. The predicted octanol–water partition coefficient (Wildman–Crippen LogP) is 0.588. The van der Waals surface area contributed by atoms with Crippen molar-refractivity contribution in [2.75, 3.05) is 18.7 Å². The van der Waals surface area contributed by atoms with Crippen molar-refractivity contribution in [3.05, 3.63) is 0 Å². The summed E-state index contributed by atoms with van der Waals surface area (Å²) in [6.07, 6.45) is 0.431. The van der Waals surface area contributed by atoms with Gasteiger partial charge in [0.05, 0.1) is 18.2 Å². The summed E-state index contributed by atoms with van der Waals surface area (Å²) in [4.78, 5) is 53.6. The Labute approximate surface area is 147 Å². The van der Waals surface area contributed by atoms with E-state index in [2.05, 4.69) is 11.6 Å². The van der Waals surface area contributed by atoms with Gasteiger partial charge in [0.25, 0.3) is 0 Å². The zero-order chi connectivity index (χ0) is 20.1. The van der Waals surface area contributed by atoms with Crippen molar-refractivity contribution in [2.24, 2.45) is 11.7 Å². The van der Waals surface area contributed by atoms with Crippen molar-refractivity contribution in [1.82, 2.24) is 0 Å². The zero-order valence-electron chi connectivity index (χ0n) is 13.1. The van der Waals surface area contributed by atoms with Gasteiger partial charge in [0.1, 0.15) is 6.04 Å². The van der Waals surface area contributed by atoms with Gasteiger partial charge in [-0.25, -0.2) is 0 Å². The van der Waals surface area contributed by atoms with E-state index >= 15 is 0 Å². The van der Waals surface area contributed by atoms with Gasteiger partial charge in [0.2, 0.25) is 0 Å². The molecule has 0 aliphatic heterocycles. The highest BCUT2D eigenvalue weighted by Crippen LogP contribution is 2.36. The summed E-state index contributed by atoms with van der Waals surface area (Å²) in [6.45, 7) is 1.41. The number of aliphatic carboxylic acids is 2. The molecule has 0 aliphatic carbocycles. The van der Waals surface area contributed by atoms with Crippen LogP contribution in [-0.4, -0.2) is 66.5 Å².